The van der Waals surface area contributed by atoms with Crippen molar-refractivity contribution in [2.45, 2.75) is 46.1 Å². The summed E-state index contributed by atoms with van der Waals surface area (Å²) in [5, 5.41) is 0. The van der Waals surface area contributed by atoms with Gasteiger partial charge in [0.25, 0.3) is 0 Å². The summed E-state index contributed by atoms with van der Waals surface area (Å²) in [4.78, 5) is 7.04. The zero-order chi connectivity index (χ0) is 8.97. The van der Waals surface area contributed by atoms with Crippen molar-refractivity contribution in [2.75, 3.05) is 13.1 Å². The standard InChI is InChI=1S/C10H20N2/c1-4-12-8-6-5-7-10(12)11-9(2)3/h9H,4-8H2,1-3H3/b11-10-. The molecule has 12 heavy (non-hydrogen) atoms. The van der Waals surface area contributed by atoms with E-state index in [0.29, 0.717) is 6.04 Å². The molecule has 0 atom stereocenters. The Balaban J connectivity index is 2.58. The number of hydrogen-bond acceptors (Lipinski definition) is 1. The lowest BCUT2D eigenvalue weighted by Gasteiger charge is -2.29. The molecule has 1 saturated heterocycles. The summed E-state index contributed by atoms with van der Waals surface area (Å²) in [7, 11) is 0. The second kappa shape index (κ2) is 4.48. The van der Waals surface area contributed by atoms with Gasteiger partial charge in [0.1, 0.15) is 0 Å². The van der Waals surface area contributed by atoms with E-state index in [9.17, 15) is 0 Å². The highest BCUT2D eigenvalue weighted by Crippen LogP contribution is 2.12. The van der Waals surface area contributed by atoms with E-state index < -0.39 is 0 Å². The Morgan fingerprint density at radius 3 is 2.75 bits per heavy atom. The van der Waals surface area contributed by atoms with Gasteiger partial charge in [0.05, 0.1) is 5.84 Å². The smallest absolute Gasteiger partial charge is 0.0992 e. The number of likely N-dealkylation sites (tertiary alicyclic amines) is 1. The molecule has 1 heterocycles. The summed E-state index contributed by atoms with van der Waals surface area (Å²) in [6, 6.07) is 0.451. The van der Waals surface area contributed by atoms with Gasteiger partial charge in [0, 0.05) is 25.6 Å². The van der Waals surface area contributed by atoms with Crippen LogP contribution in [-0.2, 0) is 0 Å². The second-order valence-electron chi connectivity index (χ2n) is 3.68. The third kappa shape index (κ3) is 2.50. The van der Waals surface area contributed by atoms with Crippen LogP contribution < -0.4 is 0 Å². The summed E-state index contributed by atoms with van der Waals surface area (Å²) in [6.07, 6.45) is 3.85. The topological polar surface area (TPSA) is 15.6 Å². The molecular weight excluding hydrogens is 148 g/mol. The van der Waals surface area contributed by atoms with Gasteiger partial charge in [-0.05, 0) is 33.6 Å². The maximum Gasteiger partial charge on any atom is 0.0992 e. The minimum atomic E-state index is 0.451. The molecule has 0 bridgehead atoms. The summed E-state index contributed by atoms with van der Waals surface area (Å²) < 4.78 is 0. The van der Waals surface area contributed by atoms with E-state index in [2.05, 4.69) is 30.7 Å². The normalized spacial score (nSPS) is 22.3. The summed E-state index contributed by atoms with van der Waals surface area (Å²) in [5.74, 6) is 1.33. The van der Waals surface area contributed by atoms with E-state index >= 15 is 0 Å². The average Bonchev–Trinajstić information content (AvgIpc) is 2.04. The largest absolute Gasteiger partial charge is 0.361 e. The van der Waals surface area contributed by atoms with Gasteiger partial charge in [0.15, 0.2) is 0 Å². The van der Waals surface area contributed by atoms with Gasteiger partial charge in [-0.3, -0.25) is 4.99 Å². The number of rotatable bonds is 2. The van der Waals surface area contributed by atoms with Crippen LogP contribution in [0.15, 0.2) is 4.99 Å². The molecule has 1 fully saturated rings. The lowest BCUT2D eigenvalue weighted by molar-refractivity contribution is 0.383. The first kappa shape index (κ1) is 9.56. The van der Waals surface area contributed by atoms with Crippen molar-refractivity contribution < 1.29 is 0 Å². The molecule has 0 aliphatic carbocycles. The zero-order valence-electron chi connectivity index (χ0n) is 8.51. The summed E-state index contributed by atoms with van der Waals surface area (Å²) in [6.45, 7) is 8.83. The minimum absolute atomic E-state index is 0.451. The van der Waals surface area contributed by atoms with Crippen LogP contribution in [0.4, 0.5) is 0 Å². The highest BCUT2D eigenvalue weighted by Gasteiger charge is 2.14. The maximum absolute atomic E-state index is 4.63. The number of nitrogens with zero attached hydrogens (tertiary/aromatic N) is 2. The predicted octanol–water partition coefficient (Wildman–Crippen LogP) is 2.30. The molecule has 0 aromatic rings. The molecule has 0 amide bonds. The molecule has 0 spiro atoms. The molecule has 0 N–H and O–H groups in total. The van der Waals surface area contributed by atoms with E-state index in [1.165, 1.54) is 31.6 Å². The SMILES string of the molecule is CCN1CCCC/C1=N/C(C)C. The van der Waals surface area contributed by atoms with Crippen molar-refractivity contribution in [3.05, 3.63) is 0 Å². The first-order chi connectivity index (χ1) is 5.74. The number of hydrogen-bond donors (Lipinski definition) is 0. The Hall–Kier alpha value is -0.530. The van der Waals surface area contributed by atoms with E-state index in [-0.39, 0.29) is 0 Å². The molecular formula is C10H20N2. The lowest BCUT2D eigenvalue weighted by atomic mass is 10.1. The van der Waals surface area contributed by atoms with E-state index in [4.69, 9.17) is 0 Å². The highest BCUT2D eigenvalue weighted by atomic mass is 15.2. The van der Waals surface area contributed by atoms with Gasteiger partial charge < -0.3 is 4.90 Å². The number of amidine groups is 1. The van der Waals surface area contributed by atoms with Crippen LogP contribution in [-0.4, -0.2) is 29.9 Å². The molecule has 0 aromatic carbocycles. The zero-order valence-corrected chi connectivity index (χ0v) is 8.51. The molecule has 2 heteroatoms. The van der Waals surface area contributed by atoms with E-state index in [0.717, 1.165) is 6.54 Å². The Morgan fingerprint density at radius 1 is 1.42 bits per heavy atom. The molecule has 0 unspecified atom stereocenters. The fourth-order valence-electron chi connectivity index (χ4n) is 1.66. The van der Waals surface area contributed by atoms with Gasteiger partial charge in [-0.2, -0.15) is 0 Å². The van der Waals surface area contributed by atoms with Gasteiger partial charge in [-0.15, -0.1) is 0 Å². The third-order valence-electron chi connectivity index (χ3n) is 2.23. The number of piperidine rings is 1. The second-order valence-corrected chi connectivity index (χ2v) is 3.68. The van der Waals surface area contributed by atoms with Crippen LogP contribution >= 0.6 is 0 Å². The molecule has 0 aromatic heterocycles. The van der Waals surface area contributed by atoms with Crippen molar-refractivity contribution in [1.82, 2.24) is 4.90 Å². The fraction of sp³-hybridized carbons (Fsp3) is 0.900. The van der Waals surface area contributed by atoms with Crippen LogP contribution in [0.5, 0.6) is 0 Å². The molecule has 2 nitrogen and oxygen atoms in total. The minimum Gasteiger partial charge on any atom is -0.361 e. The average molecular weight is 168 g/mol. The first-order valence-corrected chi connectivity index (χ1v) is 5.05. The molecule has 0 radical (unpaired) electrons. The monoisotopic (exact) mass is 168 g/mol. The summed E-state index contributed by atoms with van der Waals surface area (Å²) >= 11 is 0. The van der Waals surface area contributed by atoms with Gasteiger partial charge in [-0.1, -0.05) is 0 Å². The highest BCUT2D eigenvalue weighted by molar-refractivity contribution is 5.83. The van der Waals surface area contributed by atoms with E-state index in [1.807, 2.05) is 0 Å². The van der Waals surface area contributed by atoms with Gasteiger partial charge >= 0.3 is 0 Å². The molecule has 1 rings (SSSR count). The third-order valence-corrected chi connectivity index (χ3v) is 2.23. The Bertz CT molecular complexity index is 161. The van der Waals surface area contributed by atoms with Crippen LogP contribution in [0, 0.1) is 0 Å². The molecule has 1 aliphatic rings. The van der Waals surface area contributed by atoms with Crippen LogP contribution in [0.3, 0.4) is 0 Å². The van der Waals surface area contributed by atoms with Gasteiger partial charge in [-0.25, -0.2) is 0 Å². The first-order valence-electron chi connectivity index (χ1n) is 5.05. The Labute approximate surface area is 75.7 Å². The molecule has 70 valence electrons. The Kier molecular flexibility index (Phi) is 3.57. The van der Waals surface area contributed by atoms with Crippen molar-refractivity contribution in [3.63, 3.8) is 0 Å². The predicted molar refractivity (Wildman–Crippen MR) is 53.7 cm³/mol. The quantitative estimate of drug-likeness (QED) is 0.617. The Morgan fingerprint density at radius 2 is 2.17 bits per heavy atom. The lowest BCUT2D eigenvalue weighted by Crippen LogP contribution is -2.35. The maximum atomic E-state index is 4.63. The van der Waals surface area contributed by atoms with Crippen molar-refractivity contribution in [1.29, 1.82) is 0 Å². The van der Waals surface area contributed by atoms with Crippen LogP contribution in [0.25, 0.3) is 0 Å². The van der Waals surface area contributed by atoms with Gasteiger partial charge in [0.2, 0.25) is 0 Å². The van der Waals surface area contributed by atoms with Crippen molar-refractivity contribution in [3.8, 4) is 0 Å². The number of aliphatic imine (C=N–C) groups is 1. The van der Waals surface area contributed by atoms with Crippen LogP contribution in [0.2, 0.25) is 0 Å². The van der Waals surface area contributed by atoms with E-state index in [1.54, 1.807) is 0 Å². The molecule has 1 aliphatic heterocycles. The van der Waals surface area contributed by atoms with Crippen molar-refractivity contribution in [2.24, 2.45) is 4.99 Å². The van der Waals surface area contributed by atoms with Crippen molar-refractivity contribution >= 4 is 5.84 Å². The summed E-state index contributed by atoms with van der Waals surface area (Å²) in [5.41, 5.74) is 0. The molecule has 0 saturated carbocycles. The fourth-order valence-corrected chi connectivity index (χ4v) is 1.66. The van der Waals surface area contributed by atoms with Crippen LogP contribution in [0.1, 0.15) is 40.0 Å².